The fourth-order valence-electron chi connectivity index (χ4n) is 3.07. The molecular weight excluding hydrogens is 262 g/mol. The molecule has 0 aliphatic carbocycles. The van der Waals surface area contributed by atoms with Crippen LogP contribution in [0.1, 0.15) is 25.3 Å². The molecule has 1 N–H and O–H groups in total. The third-order valence-electron chi connectivity index (χ3n) is 4.33. The fourth-order valence-corrected chi connectivity index (χ4v) is 3.07. The van der Waals surface area contributed by atoms with Crippen molar-refractivity contribution in [1.29, 1.82) is 0 Å². The maximum Gasteiger partial charge on any atom is 0.126 e. The van der Waals surface area contributed by atoms with Crippen molar-refractivity contribution < 1.29 is 9.47 Å². The van der Waals surface area contributed by atoms with Crippen molar-refractivity contribution in [1.82, 2.24) is 5.32 Å². The molecule has 0 radical (unpaired) electrons. The predicted octanol–water partition coefficient (Wildman–Crippen LogP) is 3.51. The van der Waals surface area contributed by atoms with Gasteiger partial charge in [-0.05, 0) is 36.8 Å². The van der Waals surface area contributed by atoms with E-state index in [1.807, 2.05) is 0 Å². The first kappa shape index (κ1) is 14.4. The first-order valence-corrected chi connectivity index (χ1v) is 7.69. The van der Waals surface area contributed by atoms with Crippen molar-refractivity contribution in [3.05, 3.63) is 42.0 Å². The Bertz CT molecular complexity index is 605. The number of methoxy groups -OCH3 is 1. The van der Waals surface area contributed by atoms with E-state index in [-0.39, 0.29) is 0 Å². The number of hydrogen-bond donors (Lipinski definition) is 1. The molecule has 2 atom stereocenters. The lowest BCUT2D eigenvalue weighted by atomic mass is 10.0. The number of ether oxygens (including phenoxy) is 2. The molecule has 112 valence electrons. The quantitative estimate of drug-likeness (QED) is 0.912. The van der Waals surface area contributed by atoms with E-state index in [4.69, 9.17) is 9.47 Å². The van der Waals surface area contributed by atoms with Crippen molar-refractivity contribution in [3.63, 3.8) is 0 Å². The van der Waals surface area contributed by atoms with E-state index < -0.39 is 0 Å². The maximum absolute atomic E-state index is 5.74. The Morgan fingerprint density at radius 2 is 2.05 bits per heavy atom. The van der Waals surface area contributed by atoms with Crippen molar-refractivity contribution in [2.45, 2.75) is 38.5 Å². The van der Waals surface area contributed by atoms with E-state index in [2.05, 4.69) is 48.6 Å². The molecular formula is C18H23NO2. The van der Waals surface area contributed by atoms with Crippen LogP contribution in [0.15, 0.2) is 36.4 Å². The Balaban J connectivity index is 1.77. The Kier molecular flexibility index (Phi) is 4.42. The Morgan fingerprint density at radius 3 is 2.76 bits per heavy atom. The molecule has 3 rings (SSSR count). The van der Waals surface area contributed by atoms with E-state index in [1.54, 1.807) is 7.11 Å². The molecule has 1 aliphatic heterocycles. The highest BCUT2D eigenvalue weighted by Gasteiger charge is 2.21. The summed E-state index contributed by atoms with van der Waals surface area (Å²) in [6.45, 7) is 3.97. The van der Waals surface area contributed by atoms with Crippen LogP contribution in [0.3, 0.4) is 0 Å². The first-order valence-electron chi connectivity index (χ1n) is 7.69. The van der Waals surface area contributed by atoms with Crippen LogP contribution in [0.4, 0.5) is 0 Å². The monoisotopic (exact) mass is 285 g/mol. The zero-order valence-electron chi connectivity index (χ0n) is 12.8. The van der Waals surface area contributed by atoms with E-state index in [0.717, 1.165) is 25.3 Å². The summed E-state index contributed by atoms with van der Waals surface area (Å²) in [6.07, 6.45) is 2.70. The first-order chi connectivity index (χ1) is 10.3. The van der Waals surface area contributed by atoms with Crippen LogP contribution in [0.2, 0.25) is 0 Å². The molecule has 0 bridgehead atoms. The van der Waals surface area contributed by atoms with Gasteiger partial charge in [-0.2, -0.15) is 0 Å². The Hall–Kier alpha value is -1.58. The maximum atomic E-state index is 5.74. The molecule has 2 unspecified atom stereocenters. The van der Waals surface area contributed by atoms with Crippen LogP contribution in [0, 0.1) is 0 Å². The van der Waals surface area contributed by atoms with Crippen molar-refractivity contribution in [2.75, 3.05) is 13.7 Å². The van der Waals surface area contributed by atoms with Gasteiger partial charge in [-0.15, -0.1) is 0 Å². The molecule has 0 aromatic heterocycles. The van der Waals surface area contributed by atoms with Crippen LogP contribution in [-0.2, 0) is 11.3 Å². The van der Waals surface area contributed by atoms with E-state index in [0.29, 0.717) is 12.1 Å². The average molecular weight is 285 g/mol. The lowest BCUT2D eigenvalue weighted by molar-refractivity contribution is 0.0832. The number of nitrogens with one attached hydrogen (secondary N) is 1. The van der Waals surface area contributed by atoms with Gasteiger partial charge in [-0.25, -0.2) is 0 Å². The fraction of sp³-hybridized carbons (Fsp3) is 0.444. The standard InChI is InChI=1S/C18H23NO2/c1-13(17-8-5-11-21-17)19-12-14-9-10-18(20-2)16-7-4-3-6-15(14)16/h3-4,6-7,9-10,13,17,19H,5,8,11-12H2,1-2H3. The van der Waals surface area contributed by atoms with Gasteiger partial charge in [0.05, 0.1) is 13.2 Å². The van der Waals surface area contributed by atoms with E-state index >= 15 is 0 Å². The highest BCUT2D eigenvalue weighted by Crippen LogP contribution is 2.28. The van der Waals surface area contributed by atoms with Crippen LogP contribution in [-0.4, -0.2) is 25.9 Å². The van der Waals surface area contributed by atoms with Crippen LogP contribution in [0.5, 0.6) is 5.75 Å². The van der Waals surface area contributed by atoms with Gasteiger partial charge >= 0.3 is 0 Å². The summed E-state index contributed by atoms with van der Waals surface area (Å²) in [5.41, 5.74) is 1.30. The van der Waals surface area contributed by atoms with Crippen LogP contribution in [0.25, 0.3) is 10.8 Å². The minimum absolute atomic E-state index is 0.356. The SMILES string of the molecule is COc1ccc(CNC(C)C2CCCO2)c2ccccc12. The molecule has 0 spiro atoms. The van der Waals surface area contributed by atoms with Crippen LogP contribution < -0.4 is 10.1 Å². The molecule has 21 heavy (non-hydrogen) atoms. The third kappa shape index (κ3) is 3.04. The Morgan fingerprint density at radius 1 is 1.24 bits per heavy atom. The summed E-state index contributed by atoms with van der Waals surface area (Å²) < 4.78 is 11.2. The normalized spacial score (nSPS) is 19.8. The molecule has 2 aromatic carbocycles. The van der Waals surface area contributed by atoms with Gasteiger partial charge in [0, 0.05) is 24.6 Å². The minimum atomic E-state index is 0.356. The molecule has 1 heterocycles. The molecule has 0 saturated carbocycles. The molecule has 1 aliphatic rings. The second-order valence-electron chi connectivity index (χ2n) is 5.69. The van der Waals surface area contributed by atoms with E-state index in [1.165, 1.54) is 22.8 Å². The van der Waals surface area contributed by atoms with Crippen molar-refractivity contribution in [2.24, 2.45) is 0 Å². The second kappa shape index (κ2) is 6.46. The smallest absolute Gasteiger partial charge is 0.126 e. The molecule has 1 saturated heterocycles. The summed E-state index contributed by atoms with van der Waals surface area (Å²) in [5, 5.41) is 6.03. The highest BCUT2D eigenvalue weighted by molar-refractivity contribution is 5.91. The van der Waals surface area contributed by atoms with Gasteiger partial charge in [0.1, 0.15) is 5.75 Å². The summed E-state index contributed by atoms with van der Waals surface area (Å²) in [7, 11) is 1.72. The summed E-state index contributed by atoms with van der Waals surface area (Å²) in [5.74, 6) is 0.932. The van der Waals surface area contributed by atoms with Gasteiger partial charge in [-0.1, -0.05) is 30.3 Å². The molecule has 2 aromatic rings. The summed E-state index contributed by atoms with van der Waals surface area (Å²) >= 11 is 0. The van der Waals surface area contributed by atoms with Gasteiger partial charge in [0.15, 0.2) is 0 Å². The topological polar surface area (TPSA) is 30.5 Å². The second-order valence-corrected chi connectivity index (χ2v) is 5.69. The van der Waals surface area contributed by atoms with Gasteiger partial charge in [0.2, 0.25) is 0 Å². The zero-order chi connectivity index (χ0) is 14.7. The molecule has 3 nitrogen and oxygen atoms in total. The Labute approximate surface area is 126 Å². The van der Waals surface area contributed by atoms with E-state index in [9.17, 15) is 0 Å². The highest BCUT2D eigenvalue weighted by atomic mass is 16.5. The summed E-state index contributed by atoms with van der Waals surface area (Å²) in [4.78, 5) is 0. The van der Waals surface area contributed by atoms with Gasteiger partial charge in [-0.3, -0.25) is 0 Å². The van der Waals surface area contributed by atoms with Gasteiger partial charge < -0.3 is 14.8 Å². The predicted molar refractivity (Wildman–Crippen MR) is 85.8 cm³/mol. The molecule has 3 heteroatoms. The number of rotatable bonds is 5. The lowest BCUT2D eigenvalue weighted by Crippen LogP contribution is -2.36. The molecule has 0 amide bonds. The number of benzene rings is 2. The molecule has 1 fully saturated rings. The zero-order valence-corrected chi connectivity index (χ0v) is 12.8. The van der Waals surface area contributed by atoms with Crippen molar-refractivity contribution in [3.8, 4) is 5.75 Å². The lowest BCUT2D eigenvalue weighted by Gasteiger charge is -2.20. The number of hydrogen-bond acceptors (Lipinski definition) is 3. The van der Waals surface area contributed by atoms with Gasteiger partial charge in [0.25, 0.3) is 0 Å². The third-order valence-corrected chi connectivity index (χ3v) is 4.33. The van der Waals surface area contributed by atoms with Crippen molar-refractivity contribution >= 4 is 10.8 Å². The van der Waals surface area contributed by atoms with Crippen LogP contribution >= 0.6 is 0 Å². The average Bonchev–Trinajstić information content (AvgIpc) is 3.06. The number of fused-ring (bicyclic) bond motifs is 1. The minimum Gasteiger partial charge on any atom is -0.496 e. The summed E-state index contributed by atoms with van der Waals surface area (Å²) in [6, 6.07) is 13.0. The largest absolute Gasteiger partial charge is 0.496 e.